The molecule has 8 heteroatoms. The molecular weight excluding hydrogens is 309 g/mol. The highest BCUT2D eigenvalue weighted by Crippen LogP contribution is 2.32. The van der Waals surface area contributed by atoms with E-state index in [1.165, 1.54) is 6.07 Å². The van der Waals surface area contributed by atoms with Gasteiger partial charge in [-0.2, -0.15) is 18.3 Å². The number of alkyl halides is 3. The standard InChI is InChI=1S/C15H23F3N4O/c1-9-7-11(20-22(9)14(2,3)4)13(23)21-8-10(19)5-6-12(21)15(16,17)18/h7,10,12H,5-6,8,19H2,1-4H3/t10-,12+/m0/s1. The van der Waals surface area contributed by atoms with Gasteiger partial charge in [0.1, 0.15) is 6.04 Å². The minimum atomic E-state index is -4.46. The number of piperidine rings is 1. The average Bonchev–Trinajstić information content (AvgIpc) is 2.78. The fourth-order valence-electron chi connectivity index (χ4n) is 2.97. The molecule has 1 fully saturated rings. The van der Waals surface area contributed by atoms with Crippen LogP contribution in [0.5, 0.6) is 0 Å². The zero-order valence-corrected chi connectivity index (χ0v) is 13.8. The molecule has 5 nitrogen and oxygen atoms in total. The summed E-state index contributed by atoms with van der Waals surface area (Å²) in [7, 11) is 0. The van der Waals surface area contributed by atoms with E-state index < -0.39 is 24.2 Å². The third-order valence-electron chi connectivity index (χ3n) is 4.00. The lowest BCUT2D eigenvalue weighted by Crippen LogP contribution is -2.56. The van der Waals surface area contributed by atoms with E-state index in [0.717, 1.165) is 10.6 Å². The van der Waals surface area contributed by atoms with Crippen LogP contribution in [-0.4, -0.2) is 45.4 Å². The zero-order valence-electron chi connectivity index (χ0n) is 13.8. The number of carbonyl (C=O) groups is 1. The lowest BCUT2D eigenvalue weighted by Gasteiger charge is -2.38. The molecule has 1 saturated heterocycles. The maximum Gasteiger partial charge on any atom is 0.408 e. The Bertz CT molecular complexity index is 589. The first-order valence-corrected chi connectivity index (χ1v) is 7.61. The van der Waals surface area contributed by atoms with Crippen LogP contribution in [0.4, 0.5) is 13.2 Å². The summed E-state index contributed by atoms with van der Waals surface area (Å²) in [5.41, 5.74) is 6.16. The molecule has 2 rings (SSSR count). The van der Waals surface area contributed by atoms with Crippen molar-refractivity contribution in [2.45, 2.75) is 64.3 Å². The van der Waals surface area contributed by atoms with Crippen molar-refractivity contribution in [3.05, 3.63) is 17.5 Å². The molecule has 1 aliphatic heterocycles. The summed E-state index contributed by atoms with van der Waals surface area (Å²) in [5, 5.41) is 4.22. The predicted octanol–water partition coefficient (Wildman–Crippen LogP) is 2.44. The Kier molecular flexibility index (Phi) is 4.49. The number of nitrogens with two attached hydrogens (primary N) is 1. The van der Waals surface area contributed by atoms with Gasteiger partial charge in [0.15, 0.2) is 5.69 Å². The second kappa shape index (κ2) is 5.81. The third kappa shape index (κ3) is 3.68. The van der Waals surface area contributed by atoms with Crippen LogP contribution >= 0.6 is 0 Å². The third-order valence-corrected chi connectivity index (χ3v) is 4.00. The monoisotopic (exact) mass is 332 g/mol. The average molecular weight is 332 g/mol. The molecule has 2 heterocycles. The van der Waals surface area contributed by atoms with Gasteiger partial charge in [-0.3, -0.25) is 9.48 Å². The van der Waals surface area contributed by atoms with Gasteiger partial charge in [-0.1, -0.05) is 0 Å². The number of amides is 1. The maximum atomic E-state index is 13.2. The molecule has 0 spiro atoms. The number of nitrogens with zero attached hydrogens (tertiary/aromatic N) is 3. The highest BCUT2D eigenvalue weighted by atomic mass is 19.4. The number of halogens is 3. The van der Waals surface area contributed by atoms with Gasteiger partial charge in [-0.25, -0.2) is 0 Å². The topological polar surface area (TPSA) is 64.2 Å². The van der Waals surface area contributed by atoms with Gasteiger partial charge < -0.3 is 10.6 Å². The first-order chi connectivity index (χ1) is 10.4. The van der Waals surface area contributed by atoms with Crippen molar-refractivity contribution in [2.24, 2.45) is 5.73 Å². The van der Waals surface area contributed by atoms with Gasteiger partial charge >= 0.3 is 6.18 Å². The van der Waals surface area contributed by atoms with E-state index in [-0.39, 0.29) is 30.6 Å². The summed E-state index contributed by atoms with van der Waals surface area (Å²) in [5.74, 6) is -0.714. The van der Waals surface area contributed by atoms with Gasteiger partial charge in [0.2, 0.25) is 0 Å². The molecule has 0 radical (unpaired) electrons. The molecule has 0 unspecified atom stereocenters. The van der Waals surface area contributed by atoms with E-state index in [1.54, 1.807) is 11.6 Å². The molecule has 0 bridgehead atoms. The van der Waals surface area contributed by atoms with E-state index in [1.807, 2.05) is 20.8 Å². The SMILES string of the molecule is Cc1cc(C(=O)N2C[C@@H](N)CC[C@@H]2C(F)(F)F)nn1C(C)(C)C. The smallest absolute Gasteiger partial charge is 0.326 e. The predicted molar refractivity (Wildman–Crippen MR) is 80.0 cm³/mol. The first-order valence-electron chi connectivity index (χ1n) is 7.61. The Morgan fingerprint density at radius 1 is 1.30 bits per heavy atom. The Morgan fingerprint density at radius 3 is 2.39 bits per heavy atom. The summed E-state index contributed by atoms with van der Waals surface area (Å²) in [6.45, 7) is 7.41. The van der Waals surface area contributed by atoms with Crippen molar-refractivity contribution in [1.29, 1.82) is 0 Å². The first kappa shape index (κ1) is 17.8. The van der Waals surface area contributed by atoms with Gasteiger partial charge in [-0.15, -0.1) is 0 Å². The molecular formula is C15H23F3N4O. The lowest BCUT2D eigenvalue weighted by molar-refractivity contribution is -0.184. The largest absolute Gasteiger partial charge is 0.408 e. The molecule has 1 amide bonds. The Hall–Kier alpha value is -1.57. The molecule has 1 aliphatic rings. The number of aryl methyl sites for hydroxylation is 1. The summed E-state index contributed by atoms with van der Waals surface area (Å²) in [4.78, 5) is 13.4. The van der Waals surface area contributed by atoms with Crippen LogP contribution in [0.2, 0.25) is 0 Å². The van der Waals surface area contributed by atoms with Crippen LogP contribution in [0, 0.1) is 6.92 Å². The van der Waals surface area contributed by atoms with Crippen molar-refractivity contribution >= 4 is 5.91 Å². The fraction of sp³-hybridized carbons (Fsp3) is 0.733. The summed E-state index contributed by atoms with van der Waals surface area (Å²) in [6.07, 6.45) is -4.38. The summed E-state index contributed by atoms with van der Waals surface area (Å²) in [6, 6.07) is -0.709. The molecule has 23 heavy (non-hydrogen) atoms. The molecule has 1 aromatic rings. The van der Waals surface area contributed by atoms with Crippen molar-refractivity contribution in [3.63, 3.8) is 0 Å². The quantitative estimate of drug-likeness (QED) is 0.859. The minimum absolute atomic E-state index is 0.0285. The molecule has 2 atom stereocenters. The highest BCUT2D eigenvalue weighted by molar-refractivity contribution is 5.92. The van der Waals surface area contributed by atoms with E-state index in [2.05, 4.69) is 5.10 Å². The lowest BCUT2D eigenvalue weighted by atomic mass is 9.98. The molecule has 0 aromatic carbocycles. The molecule has 1 aromatic heterocycles. The fourth-order valence-corrected chi connectivity index (χ4v) is 2.97. The number of carbonyl (C=O) groups excluding carboxylic acids is 1. The number of rotatable bonds is 1. The second-order valence-electron chi connectivity index (χ2n) is 7.11. The number of likely N-dealkylation sites (tertiary alicyclic amines) is 1. The van der Waals surface area contributed by atoms with Gasteiger partial charge in [0, 0.05) is 18.3 Å². The zero-order chi connectivity index (χ0) is 17.6. The van der Waals surface area contributed by atoms with Crippen molar-refractivity contribution in [2.75, 3.05) is 6.54 Å². The highest BCUT2D eigenvalue weighted by Gasteiger charge is 2.48. The number of hydrogen-bond donors (Lipinski definition) is 1. The summed E-state index contributed by atoms with van der Waals surface area (Å²) < 4.78 is 41.3. The van der Waals surface area contributed by atoms with Crippen LogP contribution in [-0.2, 0) is 5.54 Å². The van der Waals surface area contributed by atoms with Gasteiger partial charge in [0.25, 0.3) is 5.91 Å². The minimum Gasteiger partial charge on any atom is -0.326 e. The van der Waals surface area contributed by atoms with Crippen LogP contribution < -0.4 is 5.73 Å². The van der Waals surface area contributed by atoms with Gasteiger partial charge in [0.05, 0.1) is 5.54 Å². The van der Waals surface area contributed by atoms with Crippen LogP contribution in [0.1, 0.15) is 49.8 Å². The molecule has 0 saturated carbocycles. The number of hydrogen-bond acceptors (Lipinski definition) is 3. The van der Waals surface area contributed by atoms with Crippen LogP contribution in [0.15, 0.2) is 6.07 Å². The number of aromatic nitrogens is 2. The van der Waals surface area contributed by atoms with E-state index in [4.69, 9.17) is 5.73 Å². The molecule has 0 aliphatic carbocycles. The van der Waals surface area contributed by atoms with E-state index in [9.17, 15) is 18.0 Å². The second-order valence-corrected chi connectivity index (χ2v) is 7.11. The van der Waals surface area contributed by atoms with Crippen LogP contribution in [0.3, 0.4) is 0 Å². The van der Waals surface area contributed by atoms with E-state index >= 15 is 0 Å². The summed E-state index contributed by atoms with van der Waals surface area (Å²) >= 11 is 0. The van der Waals surface area contributed by atoms with Crippen LogP contribution in [0.25, 0.3) is 0 Å². The van der Waals surface area contributed by atoms with Crippen molar-refractivity contribution < 1.29 is 18.0 Å². The van der Waals surface area contributed by atoms with Gasteiger partial charge in [-0.05, 0) is 46.6 Å². The normalized spacial score (nSPS) is 23.2. The molecule has 2 N–H and O–H groups in total. The van der Waals surface area contributed by atoms with Crippen molar-refractivity contribution in [1.82, 2.24) is 14.7 Å². The van der Waals surface area contributed by atoms with E-state index in [0.29, 0.717) is 0 Å². The Labute approximate surface area is 133 Å². The Morgan fingerprint density at radius 2 is 1.91 bits per heavy atom. The molecule has 130 valence electrons. The van der Waals surface area contributed by atoms with Crippen molar-refractivity contribution in [3.8, 4) is 0 Å². The maximum absolute atomic E-state index is 13.2. The Balaban J connectivity index is 2.34.